The fourth-order valence-corrected chi connectivity index (χ4v) is 4.54. The summed E-state index contributed by atoms with van der Waals surface area (Å²) >= 11 is 0. The van der Waals surface area contributed by atoms with Gasteiger partial charge in [-0.2, -0.15) is 15.6 Å². The summed E-state index contributed by atoms with van der Waals surface area (Å²) in [4.78, 5) is 12.5. The smallest absolute Gasteiger partial charge is 0.407 e. The van der Waals surface area contributed by atoms with Crippen LogP contribution in [0, 0.1) is 28.6 Å². The van der Waals surface area contributed by atoms with Crippen LogP contribution in [0.1, 0.15) is 38.2 Å². The first-order valence-electron chi connectivity index (χ1n) is 10.6. The van der Waals surface area contributed by atoms with E-state index in [1.807, 2.05) is 32.0 Å². The predicted octanol–water partition coefficient (Wildman–Crippen LogP) is 3.65. The quantitative estimate of drug-likeness (QED) is 0.579. The third kappa shape index (κ3) is 3.85. The van der Waals surface area contributed by atoms with Crippen molar-refractivity contribution >= 4 is 22.8 Å². The van der Waals surface area contributed by atoms with Crippen LogP contribution >= 0.6 is 0 Å². The zero-order valence-electron chi connectivity index (χ0n) is 18.1. The maximum atomic E-state index is 11.1. The van der Waals surface area contributed by atoms with E-state index in [1.165, 1.54) is 4.90 Å². The van der Waals surface area contributed by atoms with E-state index in [9.17, 15) is 15.3 Å². The van der Waals surface area contributed by atoms with Gasteiger partial charge in [-0.25, -0.2) is 4.79 Å². The van der Waals surface area contributed by atoms with Crippen LogP contribution in [0.4, 0.5) is 10.6 Å². The number of carbonyl (C=O) groups is 1. The third-order valence-electron chi connectivity index (χ3n) is 6.36. The topological polar surface area (TPSA) is 141 Å². The van der Waals surface area contributed by atoms with Gasteiger partial charge in [-0.15, -0.1) is 0 Å². The SMILES string of the molecule is CC1=C(C#N)C(c2ccc3[nH]nc(NCC4CCN(C(=O)O)CC4)c3c2)C(C#N)=C(C)N1. The molecule has 9 heteroatoms. The summed E-state index contributed by atoms with van der Waals surface area (Å²) in [5, 5.41) is 43.5. The highest BCUT2D eigenvalue weighted by molar-refractivity contribution is 5.90. The molecule has 0 spiro atoms. The lowest BCUT2D eigenvalue weighted by Gasteiger charge is -2.30. The Labute approximate surface area is 186 Å². The van der Waals surface area contributed by atoms with Crippen molar-refractivity contribution < 1.29 is 9.90 Å². The Balaban J connectivity index is 1.58. The van der Waals surface area contributed by atoms with Crippen molar-refractivity contribution in [2.24, 2.45) is 5.92 Å². The molecule has 1 amide bonds. The van der Waals surface area contributed by atoms with E-state index < -0.39 is 12.0 Å². The fourth-order valence-electron chi connectivity index (χ4n) is 4.54. The first-order chi connectivity index (χ1) is 15.4. The highest BCUT2D eigenvalue weighted by Gasteiger charge is 2.30. The van der Waals surface area contributed by atoms with Crippen LogP contribution in [0.15, 0.2) is 40.7 Å². The van der Waals surface area contributed by atoms with Gasteiger partial charge in [0.2, 0.25) is 0 Å². The number of allylic oxidation sites excluding steroid dienone is 4. The van der Waals surface area contributed by atoms with E-state index in [1.54, 1.807) is 0 Å². The zero-order valence-corrected chi connectivity index (χ0v) is 18.1. The maximum Gasteiger partial charge on any atom is 0.407 e. The molecule has 1 aromatic heterocycles. The number of dihydropyridines is 1. The minimum atomic E-state index is -0.859. The largest absolute Gasteiger partial charge is 0.465 e. The molecule has 1 fully saturated rings. The third-order valence-corrected chi connectivity index (χ3v) is 6.36. The number of fused-ring (bicyclic) bond motifs is 1. The number of nitrogens with one attached hydrogen (secondary N) is 3. The summed E-state index contributed by atoms with van der Waals surface area (Å²) in [7, 11) is 0. The second kappa shape index (κ2) is 8.64. The van der Waals surface area contributed by atoms with Crippen LogP contribution in [-0.4, -0.2) is 45.9 Å². The summed E-state index contributed by atoms with van der Waals surface area (Å²) in [6.07, 6.45) is 0.766. The summed E-state index contributed by atoms with van der Waals surface area (Å²) in [6.45, 7) is 5.50. The molecule has 0 unspecified atom stereocenters. The van der Waals surface area contributed by atoms with Crippen molar-refractivity contribution in [3.63, 3.8) is 0 Å². The monoisotopic (exact) mass is 431 g/mol. The Morgan fingerprint density at radius 3 is 2.47 bits per heavy atom. The molecule has 0 bridgehead atoms. The maximum absolute atomic E-state index is 11.1. The van der Waals surface area contributed by atoms with Gasteiger partial charge in [0.1, 0.15) is 0 Å². The molecule has 164 valence electrons. The Hall–Kier alpha value is -3.98. The number of rotatable bonds is 4. The van der Waals surface area contributed by atoms with Crippen LogP contribution in [-0.2, 0) is 0 Å². The van der Waals surface area contributed by atoms with Crippen LogP contribution in [0.2, 0.25) is 0 Å². The number of aromatic nitrogens is 2. The zero-order chi connectivity index (χ0) is 22.8. The van der Waals surface area contributed by atoms with E-state index in [2.05, 4.69) is 33.0 Å². The van der Waals surface area contributed by atoms with Crippen molar-refractivity contribution in [1.29, 1.82) is 10.5 Å². The van der Waals surface area contributed by atoms with Crippen molar-refractivity contribution in [2.75, 3.05) is 25.0 Å². The average molecular weight is 432 g/mol. The second-order valence-electron chi connectivity index (χ2n) is 8.33. The van der Waals surface area contributed by atoms with Crippen molar-refractivity contribution in [3.05, 3.63) is 46.3 Å². The lowest BCUT2D eigenvalue weighted by molar-refractivity contribution is 0.126. The van der Waals surface area contributed by atoms with Crippen molar-refractivity contribution in [2.45, 2.75) is 32.6 Å². The minimum Gasteiger partial charge on any atom is -0.465 e. The van der Waals surface area contributed by atoms with Crippen LogP contribution < -0.4 is 10.6 Å². The number of nitriles is 2. The molecule has 0 atom stereocenters. The van der Waals surface area contributed by atoms with Gasteiger partial charge in [0.15, 0.2) is 5.82 Å². The van der Waals surface area contributed by atoms with E-state index >= 15 is 0 Å². The molecule has 4 N–H and O–H groups in total. The van der Waals surface area contributed by atoms with Crippen LogP contribution in [0.25, 0.3) is 10.9 Å². The number of hydrogen-bond donors (Lipinski definition) is 4. The molecule has 4 rings (SSSR count). The Morgan fingerprint density at radius 2 is 1.88 bits per heavy atom. The summed E-state index contributed by atoms with van der Waals surface area (Å²) < 4.78 is 0. The number of anilines is 1. The molecule has 0 radical (unpaired) electrons. The first-order valence-corrected chi connectivity index (χ1v) is 10.6. The van der Waals surface area contributed by atoms with E-state index in [-0.39, 0.29) is 0 Å². The molecular weight excluding hydrogens is 406 g/mol. The standard InChI is InChI=1S/C23H25N7O2/c1-13-18(10-24)21(19(11-25)14(2)27-13)16-3-4-20-17(9-16)22(29-28-20)26-12-15-5-7-30(8-6-15)23(31)32/h3-4,9,15,21,27H,5-8,12H2,1-2H3,(H,31,32)(H2,26,28,29). The van der Waals surface area contributed by atoms with Crippen molar-refractivity contribution in [1.82, 2.24) is 20.4 Å². The number of benzene rings is 1. The number of piperidine rings is 1. The first kappa shape index (κ1) is 21.3. The van der Waals surface area contributed by atoms with Gasteiger partial charge >= 0.3 is 6.09 Å². The lowest BCUT2D eigenvalue weighted by atomic mass is 9.81. The molecule has 0 aliphatic carbocycles. The molecule has 3 heterocycles. The van der Waals surface area contributed by atoms with Gasteiger partial charge in [-0.1, -0.05) is 6.07 Å². The van der Waals surface area contributed by atoms with E-state index in [0.29, 0.717) is 36.7 Å². The molecule has 2 aliphatic rings. The highest BCUT2D eigenvalue weighted by Crippen LogP contribution is 2.38. The molecule has 0 saturated carbocycles. The number of likely N-dealkylation sites (tertiary alicyclic amines) is 1. The van der Waals surface area contributed by atoms with Gasteiger partial charge in [0.25, 0.3) is 0 Å². The normalized spacial score (nSPS) is 17.8. The van der Waals surface area contributed by atoms with Gasteiger partial charge < -0.3 is 20.6 Å². The molecule has 1 saturated heterocycles. The number of aromatic amines is 1. The number of amides is 1. The van der Waals surface area contributed by atoms with Gasteiger partial charge in [0, 0.05) is 36.4 Å². The molecular formula is C23H25N7O2. The van der Waals surface area contributed by atoms with Crippen LogP contribution in [0.3, 0.4) is 0 Å². The molecule has 9 nitrogen and oxygen atoms in total. The van der Waals surface area contributed by atoms with Crippen LogP contribution in [0.5, 0.6) is 0 Å². The van der Waals surface area contributed by atoms with Crippen molar-refractivity contribution in [3.8, 4) is 12.1 Å². The number of H-pyrrole nitrogens is 1. The number of nitrogens with zero attached hydrogens (tertiary/aromatic N) is 4. The lowest BCUT2D eigenvalue weighted by Crippen LogP contribution is -2.39. The Kier molecular flexibility index (Phi) is 5.74. The predicted molar refractivity (Wildman–Crippen MR) is 119 cm³/mol. The molecule has 2 aromatic rings. The van der Waals surface area contributed by atoms with E-state index in [4.69, 9.17) is 5.11 Å². The Bertz CT molecular complexity index is 1170. The van der Waals surface area contributed by atoms with Gasteiger partial charge in [-0.05, 0) is 50.3 Å². The highest BCUT2D eigenvalue weighted by atomic mass is 16.4. The summed E-state index contributed by atoms with van der Waals surface area (Å²) in [6, 6.07) is 10.4. The average Bonchev–Trinajstić information content (AvgIpc) is 3.19. The number of hydrogen-bond acceptors (Lipinski definition) is 6. The summed E-state index contributed by atoms with van der Waals surface area (Å²) in [5.41, 5.74) is 4.32. The van der Waals surface area contributed by atoms with Gasteiger partial charge in [0.05, 0.1) is 34.7 Å². The Morgan fingerprint density at radius 1 is 1.22 bits per heavy atom. The fraction of sp³-hybridized carbons (Fsp3) is 0.391. The van der Waals surface area contributed by atoms with E-state index in [0.717, 1.165) is 46.5 Å². The minimum absolute atomic E-state index is 0.372. The molecule has 2 aliphatic heterocycles. The summed E-state index contributed by atoms with van der Waals surface area (Å²) in [5.74, 6) is 0.671. The van der Waals surface area contributed by atoms with Gasteiger partial charge in [-0.3, -0.25) is 5.10 Å². The molecule has 32 heavy (non-hydrogen) atoms. The number of carboxylic acid groups (broad SMARTS) is 1. The second-order valence-corrected chi connectivity index (χ2v) is 8.33. The molecule has 1 aromatic carbocycles.